The first-order valence-electron chi connectivity index (χ1n) is 4.85. The van der Waals surface area contributed by atoms with Crippen LogP contribution in [-0.2, 0) is 16.6 Å². The molecule has 3 N–H and O–H groups in total. The molecular weight excluding hydrogens is 214 g/mol. The highest BCUT2D eigenvalue weighted by Gasteiger charge is 1.98. The van der Waals surface area contributed by atoms with Crippen LogP contribution in [0.1, 0.15) is 12.1 Å². The highest BCUT2D eigenvalue weighted by Crippen LogP contribution is 1.92. The predicted molar refractivity (Wildman–Crippen MR) is 60.0 cm³/mol. The van der Waals surface area contributed by atoms with E-state index >= 15 is 0 Å². The number of hydrogen-bond acceptors (Lipinski definition) is 3. The van der Waals surface area contributed by atoms with Crippen molar-refractivity contribution in [1.29, 1.82) is 0 Å². The molecule has 1 rings (SSSR count). The first-order chi connectivity index (χ1) is 7.08. The van der Waals surface area contributed by atoms with E-state index in [2.05, 4.69) is 15.0 Å². The third-order valence-corrected chi connectivity index (χ3v) is 2.60. The molecule has 6 heteroatoms. The van der Waals surface area contributed by atoms with Crippen LogP contribution in [0.4, 0.5) is 0 Å². The summed E-state index contributed by atoms with van der Waals surface area (Å²) in [6, 6.07) is 3.95. The third kappa shape index (κ3) is 6.27. The number of sulfonamides is 1. The molecule has 0 atom stereocenters. The normalized spacial score (nSPS) is 11.8. The highest BCUT2D eigenvalue weighted by molar-refractivity contribution is 7.88. The van der Waals surface area contributed by atoms with E-state index < -0.39 is 10.0 Å². The molecular formula is C9H17N3O2S. The van der Waals surface area contributed by atoms with E-state index in [1.807, 2.05) is 18.3 Å². The van der Waals surface area contributed by atoms with Crippen molar-refractivity contribution >= 4 is 10.0 Å². The molecule has 0 aliphatic rings. The van der Waals surface area contributed by atoms with Gasteiger partial charge < -0.3 is 10.3 Å². The summed E-state index contributed by atoms with van der Waals surface area (Å²) in [5.74, 6) is 0. The number of rotatable bonds is 7. The largest absolute Gasteiger partial charge is 0.364 e. The zero-order valence-electron chi connectivity index (χ0n) is 8.79. The molecule has 0 aromatic carbocycles. The zero-order chi connectivity index (χ0) is 11.1. The Morgan fingerprint density at radius 1 is 1.40 bits per heavy atom. The van der Waals surface area contributed by atoms with Crippen molar-refractivity contribution in [2.45, 2.75) is 13.0 Å². The van der Waals surface area contributed by atoms with Crippen LogP contribution in [0.5, 0.6) is 0 Å². The van der Waals surface area contributed by atoms with E-state index in [9.17, 15) is 8.42 Å². The van der Waals surface area contributed by atoms with Crippen LogP contribution in [0.2, 0.25) is 0 Å². The average molecular weight is 231 g/mol. The second kappa shape index (κ2) is 5.89. The van der Waals surface area contributed by atoms with Gasteiger partial charge in [0.15, 0.2) is 0 Å². The molecule has 0 amide bonds. The van der Waals surface area contributed by atoms with Crippen molar-refractivity contribution < 1.29 is 8.42 Å². The fraction of sp³-hybridized carbons (Fsp3) is 0.556. The van der Waals surface area contributed by atoms with E-state index in [1.54, 1.807) is 0 Å². The van der Waals surface area contributed by atoms with Gasteiger partial charge in [-0.05, 0) is 25.1 Å². The van der Waals surface area contributed by atoms with Crippen LogP contribution in [0.3, 0.4) is 0 Å². The quantitative estimate of drug-likeness (QED) is 0.580. The summed E-state index contributed by atoms with van der Waals surface area (Å²) < 4.78 is 23.9. The standard InChI is InChI=1S/C9H17N3O2S/c1-15(13,14)12-7-3-5-10-8-9-4-2-6-11-9/h2,4,6,10-12H,3,5,7-8H2,1H3. The van der Waals surface area contributed by atoms with Gasteiger partial charge in [-0.3, -0.25) is 0 Å². The van der Waals surface area contributed by atoms with Crippen molar-refractivity contribution in [3.8, 4) is 0 Å². The maximum Gasteiger partial charge on any atom is 0.208 e. The number of nitrogens with one attached hydrogen (secondary N) is 3. The second-order valence-electron chi connectivity index (χ2n) is 3.39. The van der Waals surface area contributed by atoms with E-state index in [4.69, 9.17) is 0 Å². The minimum Gasteiger partial charge on any atom is -0.364 e. The molecule has 0 unspecified atom stereocenters. The van der Waals surface area contributed by atoms with Crippen LogP contribution in [0.15, 0.2) is 18.3 Å². The SMILES string of the molecule is CS(=O)(=O)NCCCNCc1ccc[nH]1. The van der Waals surface area contributed by atoms with Gasteiger partial charge in [0.1, 0.15) is 0 Å². The fourth-order valence-electron chi connectivity index (χ4n) is 1.17. The lowest BCUT2D eigenvalue weighted by Gasteiger charge is -2.03. The van der Waals surface area contributed by atoms with E-state index in [0.29, 0.717) is 6.54 Å². The Bertz CT molecular complexity index is 359. The Balaban J connectivity index is 1.99. The molecule has 0 aliphatic carbocycles. The molecule has 1 aromatic rings. The zero-order valence-corrected chi connectivity index (χ0v) is 9.60. The van der Waals surface area contributed by atoms with Gasteiger partial charge in [-0.25, -0.2) is 13.1 Å². The summed E-state index contributed by atoms with van der Waals surface area (Å²) in [5.41, 5.74) is 1.13. The van der Waals surface area contributed by atoms with Crippen LogP contribution < -0.4 is 10.0 Å². The van der Waals surface area contributed by atoms with E-state index in [0.717, 1.165) is 25.2 Å². The maximum absolute atomic E-state index is 10.7. The van der Waals surface area contributed by atoms with Crippen molar-refractivity contribution in [1.82, 2.24) is 15.0 Å². The van der Waals surface area contributed by atoms with Crippen molar-refractivity contribution in [2.24, 2.45) is 0 Å². The van der Waals surface area contributed by atoms with Crippen molar-refractivity contribution in [2.75, 3.05) is 19.3 Å². The van der Waals surface area contributed by atoms with Gasteiger partial charge >= 0.3 is 0 Å². The summed E-state index contributed by atoms with van der Waals surface area (Å²) in [5, 5.41) is 3.21. The van der Waals surface area contributed by atoms with E-state index in [1.165, 1.54) is 6.26 Å². The summed E-state index contributed by atoms with van der Waals surface area (Å²) >= 11 is 0. The Labute approximate surface area is 90.3 Å². The minimum absolute atomic E-state index is 0.483. The van der Waals surface area contributed by atoms with Crippen LogP contribution >= 0.6 is 0 Å². The number of aromatic nitrogens is 1. The molecule has 5 nitrogen and oxygen atoms in total. The Hall–Kier alpha value is -0.850. The summed E-state index contributed by atoms with van der Waals surface area (Å²) in [4.78, 5) is 3.08. The smallest absolute Gasteiger partial charge is 0.208 e. The van der Waals surface area contributed by atoms with Crippen LogP contribution in [0, 0.1) is 0 Å². The summed E-state index contributed by atoms with van der Waals surface area (Å²) in [7, 11) is -3.04. The van der Waals surface area contributed by atoms with Crippen LogP contribution in [-0.4, -0.2) is 32.7 Å². The third-order valence-electron chi connectivity index (χ3n) is 1.87. The molecule has 1 aromatic heterocycles. The minimum atomic E-state index is -3.04. The van der Waals surface area contributed by atoms with E-state index in [-0.39, 0.29) is 0 Å². The molecule has 0 saturated carbocycles. The lowest BCUT2D eigenvalue weighted by Crippen LogP contribution is -2.26. The van der Waals surface area contributed by atoms with Gasteiger partial charge in [0, 0.05) is 25.0 Å². The molecule has 0 saturated heterocycles. The van der Waals surface area contributed by atoms with Gasteiger partial charge in [-0.2, -0.15) is 0 Å². The molecule has 1 heterocycles. The molecule has 15 heavy (non-hydrogen) atoms. The fourth-order valence-corrected chi connectivity index (χ4v) is 1.69. The van der Waals surface area contributed by atoms with Gasteiger partial charge in [-0.15, -0.1) is 0 Å². The molecule has 86 valence electrons. The average Bonchev–Trinajstić information content (AvgIpc) is 2.61. The number of hydrogen-bond donors (Lipinski definition) is 3. The molecule has 0 bridgehead atoms. The molecule has 0 fully saturated rings. The van der Waals surface area contributed by atoms with Gasteiger partial charge in [0.05, 0.1) is 6.26 Å². The first kappa shape index (κ1) is 12.2. The molecule has 0 spiro atoms. The lowest BCUT2D eigenvalue weighted by molar-refractivity contribution is 0.578. The monoisotopic (exact) mass is 231 g/mol. The first-order valence-corrected chi connectivity index (χ1v) is 6.75. The van der Waals surface area contributed by atoms with Crippen molar-refractivity contribution in [3.05, 3.63) is 24.0 Å². The summed E-state index contributed by atoms with van der Waals surface area (Å²) in [6.07, 6.45) is 3.83. The Morgan fingerprint density at radius 3 is 2.80 bits per heavy atom. The Kier molecular flexibility index (Phi) is 4.80. The Morgan fingerprint density at radius 2 is 2.20 bits per heavy atom. The molecule has 0 aliphatic heterocycles. The van der Waals surface area contributed by atoms with Gasteiger partial charge in [0.25, 0.3) is 0 Å². The maximum atomic E-state index is 10.7. The second-order valence-corrected chi connectivity index (χ2v) is 5.23. The van der Waals surface area contributed by atoms with Crippen molar-refractivity contribution in [3.63, 3.8) is 0 Å². The highest BCUT2D eigenvalue weighted by atomic mass is 32.2. The predicted octanol–water partition coefficient (Wildman–Crippen LogP) is 0.0436. The number of H-pyrrole nitrogens is 1. The van der Waals surface area contributed by atoms with Gasteiger partial charge in [0.2, 0.25) is 10.0 Å². The summed E-state index contributed by atoms with van der Waals surface area (Å²) in [6.45, 7) is 2.06. The van der Waals surface area contributed by atoms with Gasteiger partial charge in [-0.1, -0.05) is 0 Å². The van der Waals surface area contributed by atoms with Crippen LogP contribution in [0.25, 0.3) is 0 Å². The topological polar surface area (TPSA) is 74.0 Å². The number of aromatic amines is 1. The molecule has 0 radical (unpaired) electrons. The lowest BCUT2D eigenvalue weighted by atomic mass is 10.4.